The van der Waals surface area contributed by atoms with Gasteiger partial charge in [-0.3, -0.25) is 4.79 Å². The van der Waals surface area contributed by atoms with Crippen molar-refractivity contribution in [3.8, 4) is 5.75 Å². The summed E-state index contributed by atoms with van der Waals surface area (Å²) in [6.07, 6.45) is -0.194. The maximum atomic E-state index is 10.5. The van der Waals surface area contributed by atoms with Gasteiger partial charge in [-0.15, -0.1) is 4.36 Å². The summed E-state index contributed by atoms with van der Waals surface area (Å²) in [6, 6.07) is 4.45. The summed E-state index contributed by atoms with van der Waals surface area (Å²) in [4.78, 5) is 10.5. The number of ether oxygens (including phenoxy) is 1. The summed E-state index contributed by atoms with van der Waals surface area (Å²) in [7, 11) is -2.60. The second-order valence-corrected chi connectivity index (χ2v) is 3.73. The zero-order valence-corrected chi connectivity index (χ0v) is 9.90. The number of aliphatic carboxylic acids is 1. The number of carboxylic acid groups (broad SMARTS) is 1. The van der Waals surface area contributed by atoms with E-state index in [1.54, 1.807) is 13.0 Å². The van der Waals surface area contributed by atoms with Gasteiger partial charge in [-0.2, -0.15) is 8.42 Å². The van der Waals surface area contributed by atoms with Crippen molar-refractivity contribution >= 4 is 22.2 Å². The predicted molar refractivity (Wildman–Crippen MR) is 60.0 cm³/mol. The van der Waals surface area contributed by atoms with Gasteiger partial charge in [0.2, 0.25) is 0 Å². The van der Waals surface area contributed by atoms with Gasteiger partial charge >= 0.3 is 16.5 Å². The van der Waals surface area contributed by atoms with Crippen LogP contribution >= 0.6 is 0 Å². The monoisotopic (exact) mass is 257 g/mol. The lowest BCUT2D eigenvalue weighted by molar-refractivity contribution is -0.136. The molecule has 1 aromatic carbocycles. The van der Waals surface area contributed by atoms with Crippen molar-refractivity contribution in [2.45, 2.75) is 13.3 Å². The highest BCUT2D eigenvalue weighted by molar-refractivity contribution is 7.61. The first kappa shape index (κ1) is 13.2. The van der Waals surface area contributed by atoms with Crippen LogP contribution in [0.25, 0.3) is 0 Å². The molecule has 0 aliphatic heterocycles. The second kappa shape index (κ2) is 6.00. The zero-order valence-electron chi connectivity index (χ0n) is 9.08. The molecule has 92 valence electrons. The Balaban J connectivity index is 3.18. The van der Waals surface area contributed by atoms with Crippen molar-refractivity contribution in [3.63, 3.8) is 0 Å². The van der Waals surface area contributed by atoms with Gasteiger partial charge in [0.25, 0.3) is 0 Å². The van der Waals surface area contributed by atoms with Crippen LogP contribution in [0.15, 0.2) is 22.6 Å². The van der Waals surface area contributed by atoms with Crippen molar-refractivity contribution < 1.29 is 23.1 Å². The molecule has 0 fully saturated rings. The van der Waals surface area contributed by atoms with Gasteiger partial charge in [0, 0.05) is 0 Å². The minimum absolute atomic E-state index is 0.110. The third kappa shape index (κ3) is 4.23. The van der Waals surface area contributed by atoms with Crippen LogP contribution in [0.5, 0.6) is 5.75 Å². The first-order valence-electron chi connectivity index (χ1n) is 4.81. The van der Waals surface area contributed by atoms with Crippen LogP contribution in [0.1, 0.15) is 12.5 Å². The third-order valence-corrected chi connectivity index (χ3v) is 2.20. The van der Waals surface area contributed by atoms with E-state index in [-0.39, 0.29) is 12.1 Å². The first-order chi connectivity index (χ1) is 8.02. The molecule has 0 spiro atoms. The van der Waals surface area contributed by atoms with Gasteiger partial charge in [-0.05, 0) is 24.6 Å². The Labute approximate surface area is 99.6 Å². The van der Waals surface area contributed by atoms with Crippen LogP contribution in [-0.4, -0.2) is 26.1 Å². The highest BCUT2D eigenvalue weighted by Gasteiger charge is 2.07. The Morgan fingerprint density at radius 2 is 2.18 bits per heavy atom. The van der Waals surface area contributed by atoms with Crippen LogP contribution in [0.3, 0.4) is 0 Å². The highest BCUT2D eigenvalue weighted by Crippen LogP contribution is 2.28. The van der Waals surface area contributed by atoms with Crippen molar-refractivity contribution in [2.24, 2.45) is 4.36 Å². The predicted octanol–water partition coefficient (Wildman–Crippen LogP) is 1.41. The quantitative estimate of drug-likeness (QED) is 0.860. The number of benzene rings is 1. The summed E-state index contributed by atoms with van der Waals surface area (Å²) in [5.74, 6) is -0.686. The fourth-order valence-electron chi connectivity index (χ4n) is 1.28. The Morgan fingerprint density at radius 1 is 1.47 bits per heavy atom. The van der Waals surface area contributed by atoms with E-state index in [1.807, 2.05) is 0 Å². The fraction of sp³-hybridized carbons (Fsp3) is 0.300. The topological polar surface area (TPSA) is 93.0 Å². The summed E-state index contributed by atoms with van der Waals surface area (Å²) < 4.78 is 29.6. The summed E-state index contributed by atoms with van der Waals surface area (Å²) in [5, 5.41) is 8.63. The molecule has 0 unspecified atom stereocenters. The normalized spacial score (nSPS) is 9.71. The molecule has 0 aromatic heterocycles. The number of hydrogen-bond acceptors (Lipinski definition) is 5. The first-order valence-corrected chi connectivity index (χ1v) is 5.84. The van der Waals surface area contributed by atoms with Crippen molar-refractivity contribution in [2.75, 3.05) is 6.61 Å². The molecule has 0 heterocycles. The van der Waals surface area contributed by atoms with E-state index in [1.165, 1.54) is 12.1 Å². The highest BCUT2D eigenvalue weighted by atomic mass is 32.2. The van der Waals surface area contributed by atoms with E-state index >= 15 is 0 Å². The Morgan fingerprint density at radius 3 is 2.71 bits per heavy atom. The lowest BCUT2D eigenvalue weighted by Crippen LogP contribution is -2.00. The molecule has 0 aliphatic carbocycles. The lowest BCUT2D eigenvalue weighted by Gasteiger charge is -2.06. The van der Waals surface area contributed by atoms with Crippen LogP contribution in [-0.2, 0) is 21.7 Å². The fourth-order valence-corrected chi connectivity index (χ4v) is 1.58. The van der Waals surface area contributed by atoms with E-state index < -0.39 is 16.5 Å². The zero-order chi connectivity index (χ0) is 12.8. The number of nitrogens with zero attached hydrogens (tertiary/aromatic N) is 1. The average molecular weight is 257 g/mol. The van der Waals surface area contributed by atoms with Crippen molar-refractivity contribution in [1.29, 1.82) is 0 Å². The summed E-state index contributed by atoms with van der Waals surface area (Å²) in [6.45, 7) is 2.12. The standard InChI is InChI=1S/C10H11NO5S/c1-2-16-9-4-3-7(6-10(12)13)5-8(9)11-17(14)15/h3-5H,2,6H2,1H3,(H,12,13). The molecule has 6 nitrogen and oxygen atoms in total. The Bertz CT molecular complexity index is 542. The van der Waals surface area contributed by atoms with Gasteiger partial charge in [0.05, 0.1) is 13.0 Å². The van der Waals surface area contributed by atoms with Crippen LogP contribution < -0.4 is 4.74 Å². The molecule has 0 radical (unpaired) electrons. The van der Waals surface area contributed by atoms with Gasteiger partial charge in [-0.25, -0.2) is 0 Å². The van der Waals surface area contributed by atoms with E-state index in [0.717, 1.165) is 0 Å². The smallest absolute Gasteiger partial charge is 0.316 e. The van der Waals surface area contributed by atoms with Gasteiger partial charge in [0.1, 0.15) is 11.4 Å². The Kier molecular flexibility index (Phi) is 4.65. The molecule has 0 atom stereocenters. The number of carbonyl (C=O) groups is 1. The van der Waals surface area contributed by atoms with Gasteiger partial charge < -0.3 is 9.84 Å². The maximum absolute atomic E-state index is 10.5. The number of hydrogen-bond donors (Lipinski definition) is 1. The van der Waals surface area contributed by atoms with E-state index in [9.17, 15) is 13.2 Å². The van der Waals surface area contributed by atoms with Gasteiger partial charge in [0.15, 0.2) is 0 Å². The SMILES string of the molecule is CCOc1ccc(CC(=O)O)cc1N=S(=O)=O. The van der Waals surface area contributed by atoms with E-state index in [4.69, 9.17) is 9.84 Å². The van der Waals surface area contributed by atoms with Crippen molar-refractivity contribution in [1.82, 2.24) is 0 Å². The summed E-state index contributed by atoms with van der Waals surface area (Å²) >= 11 is 0. The van der Waals surface area contributed by atoms with E-state index in [0.29, 0.717) is 17.9 Å². The molecule has 0 bridgehead atoms. The van der Waals surface area contributed by atoms with Gasteiger partial charge in [-0.1, -0.05) is 6.07 Å². The molecule has 1 N–H and O–H groups in total. The van der Waals surface area contributed by atoms with E-state index in [2.05, 4.69) is 4.36 Å². The molecule has 0 aliphatic rings. The number of carboxylic acids is 1. The van der Waals surface area contributed by atoms with Crippen LogP contribution in [0.2, 0.25) is 0 Å². The molecule has 0 amide bonds. The average Bonchev–Trinajstić information content (AvgIpc) is 2.20. The minimum Gasteiger partial charge on any atom is -0.492 e. The molecular weight excluding hydrogens is 246 g/mol. The number of rotatable bonds is 5. The minimum atomic E-state index is -2.60. The van der Waals surface area contributed by atoms with Crippen LogP contribution in [0.4, 0.5) is 5.69 Å². The largest absolute Gasteiger partial charge is 0.492 e. The molecule has 1 rings (SSSR count). The van der Waals surface area contributed by atoms with Crippen LogP contribution in [0, 0.1) is 0 Å². The maximum Gasteiger partial charge on any atom is 0.316 e. The second-order valence-electron chi connectivity index (χ2n) is 3.11. The molecule has 7 heteroatoms. The molecule has 0 saturated carbocycles. The molecular formula is C10H11NO5S. The summed E-state index contributed by atoms with van der Waals surface area (Å²) in [5.41, 5.74) is 0.573. The molecule has 0 saturated heterocycles. The third-order valence-electron chi connectivity index (χ3n) is 1.85. The Hall–Kier alpha value is -1.89. The molecule has 17 heavy (non-hydrogen) atoms. The lowest BCUT2D eigenvalue weighted by atomic mass is 10.1. The van der Waals surface area contributed by atoms with Crippen molar-refractivity contribution in [3.05, 3.63) is 23.8 Å². The molecule has 1 aromatic rings.